The fourth-order valence-corrected chi connectivity index (χ4v) is 1.77. The molecule has 0 radical (unpaired) electrons. The lowest BCUT2D eigenvalue weighted by atomic mass is 9.98. The summed E-state index contributed by atoms with van der Waals surface area (Å²) in [5, 5.41) is 0. The van der Waals surface area contributed by atoms with E-state index in [1.165, 1.54) is 24.3 Å². The Bertz CT molecular complexity index is 617. The third kappa shape index (κ3) is 2.65. The largest absolute Gasteiger partial charge is 0.416 e. The van der Waals surface area contributed by atoms with Crippen molar-refractivity contribution in [1.29, 1.82) is 0 Å². The Hall–Kier alpha value is -2.17. The van der Waals surface area contributed by atoms with Crippen molar-refractivity contribution in [2.45, 2.75) is 6.18 Å². The molecule has 2 rings (SSSR count). The number of carbonyl (C=O) groups is 1. The van der Waals surface area contributed by atoms with E-state index in [1.54, 1.807) is 0 Å². The molecule has 0 heterocycles. The first-order valence-corrected chi connectivity index (χ1v) is 5.35. The fourth-order valence-electron chi connectivity index (χ4n) is 1.77. The number of hydrogen-bond donors (Lipinski definition) is 0. The molecule has 2 aromatic rings. The molecule has 0 N–H and O–H groups in total. The third-order valence-electron chi connectivity index (χ3n) is 2.67. The van der Waals surface area contributed by atoms with Gasteiger partial charge < -0.3 is 0 Å². The number of benzene rings is 2. The lowest BCUT2D eigenvalue weighted by Crippen LogP contribution is -2.04. The van der Waals surface area contributed by atoms with Crippen LogP contribution >= 0.6 is 0 Å². The van der Waals surface area contributed by atoms with E-state index in [1.807, 2.05) is 0 Å². The van der Waals surface area contributed by atoms with Crippen molar-refractivity contribution in [2.75, 3.05) is 0 Å². The van der Waals surface area contributed by atoms with Crippen LogP contribution in [0.4, 0.5) is 17.6 Å². The van der Waals surface area contributed by atoms with Crippen molar-refractivity contribution in [3.05, 3.63) is 59.4 Å². The second kappa shape index (κ2) is 4.84. The molecule has 0 unspecified atom stereocenters. The molecular formula is C14H8F4O. The van der Waals surface area contributed by atoms with Crippen molar-refractivity contribution in [3.8, 4) is 11.1 Å². The van der Waals surface area contributed by atoms with Crippen LogP contribution in [0, 0.1) is 5.82 Å². The van der Waals surface area contributed by atoms with Crippen molar-refractivity contribution in [2.24, 2.45) is 0 Å². The van der Waals surface area contributed by atoms with Crippen molar-refractivity contribution >= 4 is 6.29 Å². The first-order valence-electron chi connectivity index (χ1n) is 5.35. The number of rotatable bonds is 2. The highest BCUT2D eigenvalue weighted by molar-refractivity contribution is 5.87. The van der Waals surface area contributed by atoms with Gasteiger partial charge in [0.05, 0.1) is 11.1 Å². The molecule has 0 aliphatic rings. The van der Waals surface area contributed by atoms with Crippen LogP contribution in [-0.4, -0.2) is 6.29 Å². The molecule has 19 heavy (non-hydrogen) atoms. The Morgan fingerprint density at radius 1 is 1.00 bits per heavy atom. The van der Waals surface area contributed by atoms with Crippen LogP contribution in [0.2, 0.25) is 0 Å². The van der Waals surface area contributed by atoms with Gasteiger partial charge in [0.1, 0.15) is 5.82 Å². The SMILES string of the molecule is O=Cc1c(F)cccc1-c1cccc(C(F)(F)F)c1. The predicted molar refractivity (Wildman–Crippen MR) is 62.2 cm³/mol. The normalized spacial score (nSPS) is 11.4. The van der Waals surface area contributed by atoms with Gasteiger partial charge in [-0.05, 0) is 29.3 Å². The number of hydrogen-bond acceptors (Lipinski definition) is 1. The summed E-state index contributed by atoms with van der Waals surface area (Å²) in [6, 6.07) is 8.26. The van der Waals surface area contributed by atoms with E-state index in [0.717, 1.165) is 18.2 Å². The van der Waals surface area contributed by atoms with Gasteiger partial charge in [0.25, 0.3) is 0 Å². The highest BCUT2D eigenvalue weighted by Gasteiger charge is 2.30. The van der Waals surface area contributed by atoms with Crippen LogP contribution in [0.5, 0.6) is 0 Å². The molecule has 0 aromatic heterocycles. The Balaban J connectivity index is 2.60. The molecule has 0 aliphatic heterocycles. The highest BCUT2D eigenvalue weighted by Crippen LogP contribution is 2.33. The molecule has 0 bridgehead atoms. The molecule has 5 heteroatoms. The van der Waals surface area contributed by atoms with E-state index in [0.29, 0.717) is 6.29 Å². The topological polar surface area (TPSA) is 17.1 Å². The fraction of sp³-hybridized carbons (Fsp3) is 0.0714. The summed E-state index contributed by atoms with van der Waals surface area (Å²) in [4.78, 5) is 10.8. The highest BCUT2D eigenvalue weighted by atomic mass is 19.4. The summed E-state index contributed by atoms with van der Waals surface area (Å²) in [7, 11) is 0. The smallest absolute Gasteiger partial charge is 0.298 e. The third-order valence-corrected chi connectivity index (χ3v) is 2.67. The van der Waals surface area contributed by atoms with E-state index in [2.05, 4.69) is 0 Å². The lowest BCUT2D eigenvalue weighted by molar-refractivity contribution is -0.137. The van der Waals surface area contributed by atoms with Gasteiger partial charge in [0.2, 0.25) is 0 Å². The van der Waals surface area contributed by atoms with Gasteiger partial charge >= 0.3 is 6.18 Å². The average Bonchev–Trinajstić information content (AvgIpc) is 2.37. The molecule has 0 atom stereocenters. The van der Waals surface area contributed by atoms with Crippen LogP contribution in [0.3, 0.4) is 0 Å². The first-order chi connectivity index (χ1) is 8.93. The minimum atomic E-state index is -4.48. The summed E-state index contributed by atoms with van der Waals surface area (Å²) < 4.78 is 51.2. The molecule has 0 aliphatic carbocycles. The van der Waals surface area contributed by atoms with Crippen molar-refractivity contribution in [3.63, 3.8) is 0 Å². The van der Waals surface area contributed by atoms with E-state index in [-0.39, 0.29) is 16.7 Å². The molecule has 98 valence electrons. The minimum absolute atomic E-state index is 0.140. The lowest BCUT2D eigenvalue weighted by Gasteiger charge is -2.10. The number of aldehydes is 1. The van der Waals surface area contributed by atoms with Gasteiger partial charge in [0.15, 0.2) is 6.29 Å². The monoisotopic (exact) mass is 268 g/mol. The second-order valence-electron chi connectivity index (χ2n) is 3.90. The standard InChI is InChI=1S/C14H8F4O/c15-13-6-2-5-11(12(13)8-19)9-3-1-4-10(7-9)14(16,17)18/h1-8H. The molecule has 1 nitrogen and oxygen atoms in total. The number of halogens is 4. The molecule has 0 amide bonds. The van der Waals surface area contributed by atoms with Gasteiger partial charge in [-0.15, -0.1) is 0 Å². The van der Waals surface area contributed by atoms with Gasteiger partial charge in [0, 0.05) is 0 Å². The molecule has 0 fully saturated rings. The predicted octanol–water partition coefficient (Wildman–Crippen LogP) is 4.32. The van der Waals surface area contributed by atoms with Crippen molar-refractivity contribution < 1.29 is 22.4 Å². The maximum atomic E-state index is 13.4. The van der Waals surface area contributed by atoms with Crippen LogP contribution in [0.25, 0.3) is 11.1 Å². The molecule has 0 saturated carbocycles. The molecular weight excluding hydrogens is 260 g/mol. The van der Waals surface area contributed by atoms with Gasteiger partial charge in [-0.25, -0.2) is 4.39 Å². The second-order valence-corrected chi connectivity index (χ2v) is 3.90. The minimum Gasteiger partial charge on any atom is -0.298 e. The average molecular weight is 268 g/mol. The summed E-state index contributed by atoms with van der Waals surface area (Å²) in [5.41, 5.74) is -0.801. The van der Waals surface area contributed by atoms with E-state index >= 15 is 0 Å². The van der Waals surface area contributed by atoms with Crippen LogP contribution in [-0.2, 0) is 6.18 Å². The van der Waals surface area contributed by atoms with Gasteiger partial charge in [-0.1, -0.05) is 24.3 Å². The maximum absolute atomic E-state index is 13.4. The van der Waals surface area contributed by atoms with Gasteiger partial charge in [-0.2, -0.15) is 13.2 Å². The van der Waals surface area contributed by atoms with Crippen LogP contribution in [0.15, 0.2) is 42.5 Å². The van der Waals surface area contributed by atoms with E-state index < -0.39 is 17.6 Å². The maximum Gasteiger partial charge on any atom is 0.416 e. The number of carbonyl (C=O) groups excluding carboxylic acids is 1. The summed E-state index contributed by atoms with van der Waals surface area (Å²) in [5.74, 6) is -0.759. The Morgan fingerprint density at radius 3 is 2.32 bits per heavy atom. The zero-order chi connectivity index (χ0) is 14.0. The Kier molecular flexibility index (Phi) is 3.38. The van der Waals surface area contributed by atoms with Crippen LogP contribution < -0.4 is 0 Å². The molecule has 0 spiro atoms. The summed E-state index contributed by atoms with van der Waals surface area (Å²) in [6.45, 7) is 0. The zero-order valence-corrected chi connectivity index (χ0v) is 9.54. The van der Waals surface area contributed by atoms with Crippen LogP contribution in [0.1, 0.15) is 15.9 Å². The van der Waals surface area contributed by atoms with Gasteiger partial charge in [-0.3, -0.25) is 4.79 Å². The quantitative estimate of drug-likeness (QED) is 0.585. The van der Waals surface area contributed by atoms with E-state index in [4.69, 9.17) is 0 Å². The summed E-state index contributed by atoms with van der Waals surface area (Å²) in [6.07, 6.45) is -4.18. The van der Waals surface area contributed by atoms with Crippen molar-refractivity contribution in [1.82, 2.24) is 0 Å². The Labute approximate surface area is 106 Å². The molecule has 0 saturated heterocycles. The number of alkyl halides is 3. The van der Waals surface area contributed by atoms with E-state index in [9.17, 15) is 22.4 Å². The molecule has 2 aromatic carbocycles. The first kappa shape index (κ1) is 13.3. The Morgan fingerprint density at radius 2 is 1.68 bits per heavy atom. The summed E-state index contributed by atoms with van der Waals surface area (Å²) >= 11 is 0. The zero-order valence-electron chi connectivity index (χ0n) is 9.54.